The molecule has 1 rings (SSSR count). The molecular weight excluding hydrogens is 839 g/mol. The number of ether oxygens (including phenoxy) is 2. The largest absolute Gasteiger partial charge is 0.394 e. The normalized spacial score (nSPS) is 19.7. The van der Waals surface area contributed by atoms with Crippen molar-refractivity contribution >= 4 is 5.91 Å². The molecule has 9 nitrogen and oxygen atoms in total. The van der Waals surface area contributed by atoms with Crippen molar-refractivity contribution < 1.29 is 39.8 Å². The van der Waals surface area contributed by atoms with Crippen LogP contribution in [0.2, 0.25) is 0 Å². The van der Waals surface area contributed by atoms with E-state index in [9.17, 15) is 30.3 Å². The van der Waals surface area contributed by atoms with Crippen LogP contribution in [-0.4, -0.2) is 87.5 Å². The third-order valence-electron chi connectivity index (χ3n) is 14.4. The number of allylic oxidation sites excluding steroid dienone is 2. The Labute approximate surface area is 414 Å². The van der Waals surface area contributed by atoms with Crippen LogP contribution in [0.1, 0.15) is 296 Å². The molecule has 1 aliphatic rings. The fourth-order valence-electron chi connectivity index (χ4n) is 9.69. The van der Waals surface area contributed by atoms with Gasteiger partial charge in [-0.05, 0) is 38.5 Å². The molecule has 0 saturated carbocycles. The van der Waals surface area contributed by atoms with Gasteiger partial charge in [0.1, 0.15) is 24.4 Å². The van der Waals surface area contributed by atoms with Crippen LogP contribution >= 0.6 is 0 Å². The summed E-state index contributed by atoms with van der Waals surface area (Å²) >= 11 is 0. The van der Waals surface area contributed by atoms with E-state index in [2.05, 4.69) is 31.3 Å². The molecular formula is C58H113NO8. The van der Waals surface area contributed by atoms with Gasteiger partial charge in [-0.15, -0.1) is 0 Å². The zero-order valence-corrected chi connectivity index (χ0v) is 44.2. The average Bonchev–Trinajstić information content (AvgIpc) is 3.33. The van der Waals surface area contributed by atoms with E-state index in [4.69, 9.17) is 9.47 Å². The van der Waals surface area contributed by atoms with E-state index < -0.39 is 49.5 Å². The van der Waals surface area contributed by atoms with Gasteiger partial charge in [-0.2, -0.15) is 0 Å². The molecule has 0 bridgehead atoms. The molecule has 1 amide bonds. The smallest absolute Gasteiger partial charge is 0.220 e. The summed E-state index contributed by atoms with van der Waals surface area (Å²) in [6, 6.07) is -0.714. The number of hydrogen-bond donors (Lipinski definition) is 6. The first kappa shape index (κ1) is 63.9. The Morgan fingerprint density at radius 3 is 1.21 bits per heavy atom. The van der Waals surface area contributed by atoms with Crippen LogP contribution in [0.3, 0.4) is 0 Å². The van der Waals surface area contributed by atoms with Crippen molar-refractivity contribution in [1.82, 2.24) is 5.32 Å². The van der Waals surface area contributed by atoms with E-state index in [0.29, 0.717) is 12.8 Å². The van der Waals surface area contributed by atoms with Gasteiger partial charge < -0.3 is 40.3 Å². The summed E-state index contributed by atoms with van der Waals surface area (Å²) in [5.74, 6) is -0.140. The average molecular weight is 953 g/mol. The first-order chi connectivity index (χ1) is 32.8. The molecule has 1 saturated heterocycles. The van der Waals surface area contributed by atoms with Crippen molar-refractivity contribution in [2.45, 2.75) is 339 Å². The Bertz CT molecular complexity index is 1060. The zero-order chi connectivity index (χ0) is 48.7. The third-order valence-corrected chi connectivity index (χ3v) is 14.4. The van der Waals surface area contributed by atoms with Crippen LogP contribution in [0.25, 0.3) is 0 Å². The monoisotopic (exact) mass is 952 g/mol. The predicted molar refractivity (Wildman–Crippen MR) is 281 cm³/mol. The van der Waals surface area contributed by atoms with Crippen LogP contribution in [0, 0.1) is 0 Å². The van der Waals surface area contributed by atoms with E-state index in [1.165, 1.54) is 231 Å². The van der Waals surface area contributed by atoms with E-state index in [1.54, 1.807) is 0 Å². The molecule has 7 atom stereocenters. The first-order valence-electron chi connectivity index (χ1n) is 29.4. The standard InChI is InChI=1S/C58H113NO8/c1-3-5-7-9-11-13-15-17-18-19-20-21-22-23-24-25-26-27-28-29-30-31-32-33-34-35-36-38-40-42-44-46-48-54(62)59-51(50-66-58-57(65)56(64)55(63)53(49-60)67-58)52(61)47-45-43-41-39-37-16-14-12-10-8-6-4-2/h23-24,51-53,55-58,60-61,63-65H,3-22,25-50H2,1-2H3,(H,59,62)/b24-23-. The molecule has 0 aromatic heterocycles. The van der Waals surface area contributed by atoms with E-state index in [0.717, 1.165) is 38.5 Å². The molecule has 398 valence electrons. The number of hydrogen-bond acceptors (Lipinski definition) is 8. The molecule has 7 unspecified atom stereocenters. The minimum atomic E-state index is -1.55. The summed E-state index contributed by atoms with van der Waals surface area (Å²) in [5, 5.41) is 54.5. The van der Waals surface area contributed by atoms with Gasteiger partial charge in [0.2, 0.25) is 5.91 Å². The first-order valence-corrected chi connectivity index (χ1v) is 29.4. The number of carbonyl (C=O) groups excluding carboxylic acids is 1. The number of carbonyl (C=O) groups is 1. The number of nitrogens with one attached hydrogen (secondary N) is 1. The lowest BCUT2D eigenvalue weighted by Gasteiger charge is -2.40. The molecule has 0 aliphatic carbocycles. The Morgan fingerprint density at radius 1 is 0.493 bits per heavy atom. The molecule has 0 radical (unpaired) electrons. The Kier molecular flexibility index (Phi) is 46.3. The van der Waals surface area contributed by atoms with E-state index in [-0.39, 0.29) is 12.5 Å². The second-order valence-electron chi connectivity index (χ2n) is 20.8. The van der Waals surface area contributed by atoms with Gasteiger partial charge in [-0.3, -0.25) is 4.79 Å². The number of amides is 1. The molecule has 0 aromatic carbocycles. The number of aliphatic hydroxyl groups is 5. The summed E-state index contributed by atoms with van der Waals surface area (Å²) in [7, 11) is 0. The molecule has 1 heterocycles. The highest BCUT2D eigenvalue weighted by molar-refractivity contribution is 5.76. The second kappa shape index (κ2) is 48.6. The maximum atomic E-state index is 13.0. The van der Waals surface area contributed by atoms with Crippen molar-refractivity contribution in [3.63, 3.8) is 0 Å². The highest BCUT2D eigenvalue weighted by Crippen LogP contribution is 2.23. The Morgan fingerprint density at radius 2 is 0.836 bits per heavy atom. The lowest BCUT2D eigenvalue weighted by molar-refractivity contribution is -0.302. The highest BCUT2D eigenvalue weighted by Gasteiger charge is 2.44. The van der Waals surface area contributed by atoms with Crippen molar-refractivity contribution in [3.8, 4) is 0 Å². The number of rotatable bonds is 51. The van der Waals surface area contributed by atoms with Gasteiger partial charge in [0.15, 0.2) is 6.29 Å². The Balaban J connectivity index is 2.08. The molecule has 0 aromatic rings. The van der Waals surface area contributed by atoms with E-state index >= 15 is 0 Å². The van der Waals surface area contributed by atoms with Gasteiger partial charge in [0, 0.05) is 6.42 Å². The minimum Gasteiger partial charge on any atom is -0.394 e. The lowest BCUT2D eigenvalue weighted by Crippen LogP contribution is -2.60. The number of unbranched alkanes of at least 4 members (excludes halogenated alkanes) is 39. The molecule has 9 heteroatoms. The maximum Gasteiger partial charge on any atom is 0.220 e. The van der Waals surface area contributed by atoms with Crippen LogP contribution in [0.4, 0.5) is 0 Å². The van der Waals surface area contributed by atoms with Crippen molar-refractivity contribution in [1.29, 1.82) is 0 Å². The van der Waals surface area contributed by atoms with Crippen molar-refractivity contribution in [2.24, 2.45) is 0 Å². The Hall–Kier alpha value is -1.07. The van der Waals surface area contributed by atoms with Crippen molar-refractivity contribution in [3.05, 3.63) is 12.2 Å². The van der Waals surface area contributed by atoms with Crippen LogP contribution < -0.4 is 5.32 Å². The predicted octanol–water partition coefficient (Wildman–Crippen LogP) is 14.4. The fourth-order valence-corrected chi connectivity index (χ4v) is 9.69. The van der Waals surface area contributed by atoms with Gasteiger partial charge >= 0.3 is 0 Å². The van der Waals surface area contributed by atoms with Gasteiger partial charge in [0.25, 0.3) is 0 Å². The van der Waals surface area contributed by atoms with Gasteiger partial charge in [-0.1, -0.05) is 264 Å². The fraction of sp³-hybridized carbons (Fsp3) is 0.948. The highest BCUT2D eigenvalue weighted by atomic mass is 16.7. The van der Waals surface area contributed by atoms with Gasteiger partial charge in [0.05, 0.1) is 25.4 Å². The van der Waals surface area contributed by atoms with Crippen LogP contribution in [0.15, 0.2) is 12.2 Å². The van der Waals surface area contributed by atoms with E-state index in [1.807, 2.05) is 0 Å². The lowest BCUT2D eigenvalue weighted by atomic mass is 9.99. The van der Waals surface area contributed by atoms with Crippen LogP contribution in [-0.2, 0) is 14.3 Å². The molecule has 0 spiro atoms. The molecule has 6 N–H and O–H groups in total. The SMILES string of the molecule is CCCCCCCCCCCCCC/C=C\CCCCCCCCCCCCCCCCCCC(=O)NC(COC1OC(CO)C(O)C(O)C1O)C(O)CCCCCCCCCCCCCC. The molecule has 67 heavy (non-hydrogen) atoms. The molecule has 1 fully saturated rings. The number of aliphatic hydroxyl groups excluding tert-OH is 5. The van der Waals surface area contributed by atoms with Crippen molar-refractivity contribution in [2.75, 3.05) is 13.2 Å². The molecule has 1 aliphatic heterocycles. The zero-order valence-electron chi connectivity index (χ0n) is 44.2. The third kappa shape index (κ3) is 38.3. The topological polar surface area (TPSA) is 149 Å². The summed E-state index contributed by atoms with van der Waals surface area (Å²) in [6.07, 6.45) is 52.6. The maximum absolute atomic E-state index is 13.0. The minimum absolute atomic E-state index is 0.133. The summed E-state index contributed by atoms with van der Waals surface area (Å²) in [6.45, 7) is 3.86. The summed E-state index contributed by atoms with van der Waals surface area (Å²) < 4.78 is 11.3. The second-order valence-corrected chi connectivity index (χ2v) is 20.8. The quantitative estimate of drug-likeness (QED) is 0.0261. The summed E-state index contributed by atoms with van der Waals surface area (Å²) in [5.41, 5.74) is 0. The summed E-state index contributed by atoms with van der Waals surface area (Å²) in [4.78, 5) is 13.0. The van der Waals surface area contributed by atoms with Gasteiger partial charge in [-0.25, -0.2) is 0 Å². The van der Waals surface area contributed by atoms with Crippen LogP contribution in [0.5, 0.6) is 0 Å².